The highest BCUT2D eigenvalue weighted by molar-refractivity contribution is 6.10. The van der Waals surface area contributed by atoms with Crippen molar-refractivity contribution < 1.29 is 4.74 Å². The summed E-state index contributed by atoms with van der Waals surface area (Å²) in [4.78, 5) is 20.2. The smallest absolute Gasteiger partial charge is 0.158 e. The van der Waals surface area contributed by atoms with E-state index in [9.17, 15) is 0 Å². The topological polar surface area (TPSA) is 52.9 Å². The summed E-state index contributed by atoms with van der Waals surface area (Å²) in [7, 11) is 0. The van der Waals surface area contributed by atoms with Crippen LogP contribution in [0.1, 0.15) is 103 Å². The third-order valence-corrected chi connectivity index (χ3v) is 17.4. The van der Waals surface area contributed by atoms with E-state index in [4.69, 9.17) is 14.7 Å². The van der Waals surface area contributed by atoms with Gasteiger partial charge in [-0.2, -0.15) is 0 Å². The minimum absolute atomic E-state index is 0.0351. The van der Waals surface area contributed by atoms with Crippen molar-refractivity contribution in [2.24, 2.45) is 0 Å². The van der Waals surface area contributed by atoms with E-state index < -0.39 is 0 Å². The van der Waals surface area contributed by atoms with Crippen LogP contribution in [0.2, 0.25) is 0 Å². The van der Waals surface area contributed by atoms with Crippen molar-refractivity contribution in [1.82, 2.24) is 14.5 Å². The Balaban J connectivity index is 0.949. The second-order valence-corrected chi connectivity index (χ2v) is 25.2. The number of hydrogen-bond donors (Lipinski definition) is 0. The van der Waals surface area contributed by atoms with Gasteiger partial charge in [0.25, 0.3) is 0 Å². The van der Waals surface area contributed by atoms with Crippen LogP contribution in [0.3, 0.4) is 0 Å². The number of para-hydroxylation sites is 5. The van der Waals surface area contributed by atoms with Crippen LogP contribution < -0.4 is 24.3 Å². The maximum atomic E-state index is 6.96. The molecule has 8 nitrogen and oxygen atoms in total. The van der Waals surface area contributed by atoms with E-state index in [1.807, 2.05) is 12.4 Å². The average molecular weight is 1060 g/mol. The van der Waals surface area contributed by atoms with Crippen LogP contribution >= 0.6 is 0 Å². The number of benzene rings is 8. The van der Waals surface area contributed by atoms with Crippen molar-refractivity contribution in [3.05, 3.63) is 246 Å². The molecule has 0 saturated carbocycles. The van der Waals surface area contributed by atoms with E-state index in [1.54, 1.807) is 0 Å². The number of aromatic nitrogens is 3. The monoisotopic (exact) mass is 1060 g/mol. The highest BCUT2D eigenvalue weighted by Gasteiger charge is 2.44. The zero-order valence-electron chi connectivity index (χ0n) is 48.0. The first-order chi connectivity index (χ1) is 39.0. The van der Waals surface area contributed by atoms with Gasteiger partial charge in [-0.25, -0.2) is 9.97 Å². The largest absolute Gasteiger partial charge is 0.457 e. The zero-order chi connectivity index (χ0) is 55.7. The third-order valence-electron chi connectivity index (χ3n) is 17.4. The summed E-state index contributed by atoms with van der Waals surface area (Å²) in [6.07, 6.45) is 3.86. The van der Waals surface area contributed by atoms with Crippen molar-refractivity contribution in [2.75, 3.05) is 26.3 Å². The van der Waals surface area contributed by atoms with Gasteiger partial charge in [-0.15, -0.1) is 0 Å². The molecule has 0 aliphatic carbocycles. The van der Waals surface area contributed by atoms with Gasteiger partial charge >= 0.3 is 0 Å². The Morgan fingerprint density at radius 3 is 1.51 bits per heavy atom. The quantitative estimate of drug-likeness (QED) is 0.158. The van der Waals surface area contributed by atoms with Gasteiger partial charge in [0.2, 0.25) is 0 Å². The number of rotatable bonds is 7. The van der Waals surface area contributed by atoms with E-state index >= 15 is 0 Å². The van der Waals surface area contributed by atoms with Crippen LogP contribution in [0, 0.1) is 0 Å². The minimum atomic E-state index is -0.254. The molecule has 14 rings (SSSR count). The van der Waals surface area contributed by atoms with Crippen molar-refractivity contribution >= 4 is 78.8 Å². The molecule has 0 amide bonds. The summed E-state index contributed by atoms with van der Waals surface area (Å²) in [5.74, 6) is 3.23. The first-order valence-electron chi connectivity index (χ1n) is 28.4. The highest BCUT2D eigenvalue weighted by atomic mass is 16.5. The van der Waals surface area contributed by atoms with E-state index in [0.29, 0.717) is 6.67 Å². The van der Waals surface area contributed by atoms with Crippen LogP contribution in [0.15, 0.2) is 213 Å². The highest BCUT2D eigenvalue weighted by Crippen LogP contribution is 2.61. The molecule has 81 heavy (non-hydrogen) atoms. The summed E-state index contributed by atoms with van der Waals surface area (Å²) in [6, 6.07) is 73.0. The fourth-order valence-electron chi connectivity index (χ4n) is 13.1. The Morgan fingerprint density at radius 1 is 0.407 bits per heavy atom. The Bertz CT molecular complexity index is 4100. The molecule has 0 N–H and O–H groups in total. The number of nitrogens with zero attached hydrogens (tertiary/aromatic N) is 7. The molecule has 6 heterocycles. The second-order valence-electron chi connectivity index (χ2n) is 25.2. The maximum Gasteiger partial charge on any atom is 0.158 e. The molecule has 0 atom stereocenters. The summed E-state index contributed by atoms with van der Waals surface area (Å²) < 4.78 is 9.23. The molecule has 11 aromatic rings. The lowest BCUT2D eigenvalue weighted by molar-refractivity contribution is 0.483. The lowest BCUT2D eigenvalue weighted by Crippen LogP contribution is -2.34. The van der Waals surface area contributed by atoms with Gasteiger partial charge in [0.1, 0.15) is 24.0 Å². The van der Waals surface area contributed by atoms with Crippen LogP contribution in [0.4, 0.5) is 57.0 Å². The van der Waals surface area contributed by atoms with Crippen molar-refractivity contribution in [3.63, 3.8) is 0 Å². The Hall–Kier alpha value is -9.14. The second kappa shape index (κ2) is 18.2. The molecule has 3 aliphatic heterocycles. The number of pyridine rings is 2. The molecule has 400 valence electrons. The van der Waals surface area contributed by atoms with Crippen molar-refractivity contribution in [2.45, 2.75) is 90.9 Å². The van der Waals surface area contributed by atoms with Crippen LogP contribution in [-0.4, -0.2) is 21.2 Å². The van der Waals surface area contributed by atoms with Gasteiger partial charge < -0.3 is 24.3 Å². The molecule has 0 bridgehead atoms. The maximum absolute atomic E-state index is 6.96. The van der Waals surface area contributed by atoms with Gasteiger partial charge in [-0.1, -0.05) is 166 Å². The summed E-state index contributed by atoms with van der Waals surface area (Å²) in [5.41, 5.74) is 18.8. The molecule has 0 spiro atoms. The molecule has 0 fully saturated rings. The van der Waals surface area contributed by atoms with Gasteiger partial charge in [-0.05, 0) is 135 Å². The SMILES string of the molecule is CC(C)(C)c1ccnc(-n2c3ccccc3c3ccc(Oc4cccc(N5CN(c6c(N7c8ccccc8C(C)(C)c8ccccc87)cc(C(C)(C)C)cc6N6c7ccccc7C(C)(C)c7ccccc76)c6ncccc65)c4)cc32)c1. The van der Waals surface area contributed by atoms with Crippen LogP contribution in [0.5, 0.6) is 11.5 Å². The third kappa shape index (κ3) is 7.93. The lowest BCUT2D eigenvalue weighted by atomic mass is 9.73. The first-order valence-corrected chi connectivity index (χ1v) is 28.4. The van der Waals surface area contributed by atoms with E-state index in [2.05, 4.69) is 294 Å². The normalized spacial score (nSPS) is 15.1. The fourth-order valence-corrected chi connectivity index (χ4v) is 13.1. The van der Waals surface area contributed by atoms with E-state index in [-0.39, 0.29) is 21.7 Å². The molecule has 3 aromatic heterocycles. The Kier molecular flexibility index (Phi) is 11.3. The van der Waals surface area contributed by atoms with E-state index in [0.717, 1.165) is 90.7 Å². The van der Waals surface area contributed by atoms with Gasteiger partial charge in [0.15, 0.2) is 5.82 Å². The Morgan fingerprint density at radius 2 is 0.926 bits per heavy atom. The van der Waals surface area contributed by atoms with Crippen LogP contribution in [0.25, 0.3) is 27.6 Å². The van der Waals surface area contributed by atoms with Crippen molar-refractivity contribution in [1.29, 1.82) is 0 Å². The first kappa shape index (κ1) is 50.1. The van der Waals surface area contributed by atoms with Crippen molar-refractivity contribution in [3.8, 4) is 17.3 Å². The zero-order valence-corrected chi connectivity index (χ0v) is 48.0. The van der Waals surface area contributed by atoms with Gasteiger partial charge in [-0.3, -0.25) is 4.57 Å². The number of anilines is 10. The number of ether oxygens (including phenoxy) is 1. The number of fused-ring (bicyclic) bond motifs is 8. The summed E-state index contributed by atoms with van der Waals surface area (Å²) in [6.45, 7) is 23.7. The molecule has 0 saturated heterocycles. The summed E-state index contributed by atoms with van der Waals surface area (Å²) in [5, 5.41) is 2.31. The molecular weight excluding hydrogens is 991 g/mol. The molecule has 8 heteroatoms. The molecular formula is C73H67N7O. The number of hydrogen-bond acceptors (Lipinski definition) is 7. The summed E-state index contributed by atoms with van der Waals surface area (Å²) >= 11 is 0. The van der Waals surface area contributed by atoms with E-state index in [1.165, 1.54) is 38.8 Å². The molecule has 8 aromatic carbocycles. The molecule has 0 radical (unpaired) electrons. The average Bonchev–Trinajstić information content (AvgIpc) is 3.16. The predicted octanol–water partition coefficient (Wildman–Crippen LogP) is 19.4. The predicted molar refractivity (Wildman–Crippen MR) is 336 cm³/mol. The Labute approximate surface area is 476 Å². The molecule has 0 unspecified atom stereocenters. The lowest BCUT2D eigenvalue weighted by Gasteiger charge is -2.46. The van der Waals surface area contributed by atoms with Crippen LogP contribution in [-0.2, 0) is 21.7 Å². The molecule has 3 aliphatic rings. The van der Waals surface area contributed by atoms with Gasteiger partial charge in [0, 0.05) is 51.8 Å². The minimum Gasteiger partial charge on any atom is -0.457 e. The fraction of sp³-hybridized carbons (Fsp3) is 0.205. The van der Waals surface area contributed by atoms with Gasteiger partial charge in [0.05, 0.1) is 56.5 Å². The standard InChI is InChI=1S/C73H67N7O/c1-70(2,3)47-38-40-74-67(43-47)80-58-30-16-11-25-52(58)53-37-36-51(45-64(53)80)81-50-24-21-23-49(44-50)76-46-77(69-63(76)35-22-39-75-69)68-65(78-59-31-17-12-26-54(59)72(7,8)55-27-13-18-32-60(55)78)41-48(71(4,5)6)42-66(68)79-61-33-19-14-28-56(61)73(9,10)57-29-15-20-34-62(57)79/h11-45H,46H2,1-10H3.